The zero-order valence-electron chi connectivity index (χ0n) is 13.7. The maximum Gasteiger partial charge on any atom is 0.416 e. The minimum Gasteiger partial charge on any atom is -0.352 e. The van der Waals surface area contributed by atoms with E-state index in [1.807, 2.05) is 0 Å². The molecule has 7 heteroatoms. The molecule has 0 radical (unpaired) electrons. The average Bonchev–Trinajstić information content (AvgIpc) is 2.53. The molecular formula is C17H24ClF3N2O. The van der Waals surface area contributed by atoms with E-state index in [1.165, 1.54) is 6.07 Å². The quantitative estimate of drug-likeness (QED) is 0.835. The van der Waals surface area contributed by atoms with Crippen LogP contribution in [0.25, 0.3) is 0 Å². The maximum atomic E-state index is 12.7. The van der Waals surface area contributed by atoms with Crippen molar-refractivity contribution in [2.45, 2.75) is 38.9 Å². The van der Waals surface area contributed by atoms with Gasteiger partial charge in [0.05, 0.1) is 5.56 Å². The van der Waals surface area contributed by atoms with Gasteiger partial charge in [-0.05, 0) is 55.5 Å². The summed E-state index contributed by atoms with van der Waals surface area (Å²) in [7, 11) is 0. The first-order valence-electron chi connectivity index (χ1n) is 8.00. The molecule has 1 aliphatic heterocycles. The molecule has 1 saturated heterocycles. The van der Waals surface area contributed by atoms with Crippen LogP contribution < -0.4 is 10.6 Å². The van der Waals surface area contributed by atoms with E-state index in [9.17, 15) is 18.0 Å². The van der Waals surface area contributed by atoms with Gasteiger partial charge >= 0.3 is 6.18 Å². The lowest BCUT2D eigenvalue weighted by molar-refractivity contribution is -0.137. The van der Waals surface area contributed by atoms with Crippen LogP contribution in [0.3, 0.4) is 0 Å². The van der Waals surface area contributed by atoms with E-state index >= 15 is 0 Å². The molecule has 1 fully saturated rings. The number of hydrogen-bond donors (Lipinski definition) is 2. The molecule has 136 valence electrons. The second-order valence-corrected chi connectivity index (χ2v) is 6.26. The average molecular weight is 365 g/mol. The Morgan fingerprint density at radius 1 is 1.42 bits per heavy atom. The summed E-state index contributed by atoms with van der Waals surface area (Å²) in [6, 6.07) is 5.06. The summed E-state index contributed by atoms with van der Waals surface area (Å²) in [6.45, 7) is 4.15. The second-order valence-electron chi connectivity index (χ2n) is 6.26. The molecule has 1 amide bonds. The first-order chi connectivity index (χ1) is 10.9. The van der Waals surface area contributed by atoms with Crippen LogP contribution in [0.2, 0.25) is 0 Å². The second kappa shape index (κ2) is 9.28. The number of benzene rings is 1. The number of alkyl halides is 3. The molecule has 2 atom stereocenters. The fraction of sp³-hybridized carbons (Fsp3) is 0.588. The highest BCUT2D eigenvalue weighted by atomic mass is 35.5. The molecule has 0 saturated carbocycles. The topological polar surface area (TPSA) is 41.1 Å². The summed E-state index contributed by atoms with van der Waals surface area (Å²) in [5.74, 6) is 0.646. The van der Waals surface area contributed by atoms with Crippen molar-refractivity contribution >= 4 is 18.3 Å². The van der Waals surface area contributed by atoms with Gasteiger partial charge in [0.15, 0.2) is 0 Å². The summed E-state index contributed by atoms with van der Waals surface area (Å²) in [5, 5.41) is 6.05. The highest BCUT2D eigenvalue weighted by Crippen LogP contribution is 2.29. The van der Waals surface area contributed by atoms with Gasteiger partial charge in [-0.3, -0.25) is 4.79 Å². The maximum absolute atomic E-state index is 12.7. The summed E-state index contributed by atoms with van der Waals surface area (Å²) in [4.78, 5) is 12.0. The van der Waals surface area contributed by atoms with Crippen LogP contribution in [0.5, 0.6) is 0 Å². The Morgan fingerprint density at radius 2 is 2.17 bits per heavy atom. The number of nitrogens with one attached hydrogen (secondary N) is 2. The molecule has 0 bridgehead atoms. The normalized spacial score (nSPS) is 19.2. The van der Waals surface area contributed by atoms with Crippen molar-refractivity contribution in [1.29, 1.82) is 0 Å². The lowest BCUT2D eigenvalue weighted by Crippen LogP contribution is -2.35. The van der Waals surface area contributed by atoms with Gasteiger partial charge < -0.3 is 10.6 Å². The molecule has 2 unspecified atom stereocenters. The van der Waals surface area contributed by atoms with Crippen LogP contribution in [0.4, 0.5) is 13.2 Å². The monoisotopic (exact) mass is 364 g/mol. The molecule has 1 heterocycles. The minimum absolute atomic E-state index is 0. The van der Waals surface area contributed by atoms with Crippen molar-refractivity contribution in [3.63, 3.8) is 0 Å². The molecule has 1 aromatic carbocycles. The smallest absolute Gasteiger partial charge is 0.352 e. The van der Waals surface area contributed by atoms with Gasteiger partial charge in [0.2, 0.25) is 5.91 Å². The molecule has 2 rings (SSSR count). The van der Waals surface area contributed by atoms with Crippen molar-refractivity contribution in [2.24, 2.45) is 11.8 Å². The van der Waals surface area contributed by atoms with Gasteiger partial charge in [-0.25, -0.2) is 0 Å². The number of hydrogen-bond acceptors (Lipinski definition) is 2. The highest BCUT2D eigenvalue weighted by molar-refractivity contribution is 5.85. The van der Waals surface area contributed by atoms with Crippen LogP contribution in [0, 0.1) is 11.8 Å². The Bertz CT molecular complexity index is 531. The number of rotatable bonds is 5. The summed E-state index contributed by atoms with van der Waals surface area (Å²) in [5.41, 5.74) is -0.231. The Balaban J connectivity index is 0.00000288. The summed E-state index contributed by atoms with van der Waals surface area (Å²) in [6.07, 6.45) is -1.70. The van der Waals surface area contributed by atoms with Crippen LogP contribution in [-0.2, 0) is 17.5 Å². The molecule has 0 spiro atoms. The van der Waals surface area contributed by atoms with Crippen molar-refractivity contribution < 1.29 is 18.0 Å². The largest absolute Gasteiger partial charge is 0.416 e. The van der Waals surface area contributed by atoms with Crippen LogP contribution in [0.1, 0.15) is 37.3 Å². The van der Waals surface area contributed by atoms with Gasteiger partial charge in [-0.2, -0.15) is 13.2 Å². The first kappa shape index (κ1) is 20.8. The zero-order valence-corrected chi connectivity index (χ0v) is 14.5. The first-order valence-corrected chi connectivity index (χ1v) is 8.00. The predicted octanol–water partition coefficient (Wildman–Crippen LogP) is 3.77. The highest BCUT2D eigenvalue weighted by Gasteiger charge is 2.30. The fourth-order valence-corrected chi connectivity index (χ4v) is 2.95. The van der Waals surface area contributed by atoms with E-state index < -0.39 is 11.7 Å². The van der Waals surface area contributed by atoms with E-state index in [0.717, 1.165) is 38.1 Å². The molecule has 24 heavy (non-hydrogen) atoms. The Kier molecular flexibility index (Phi) is 8.03. The number of halogens is 4. The van der Waals surface area contributed by atoms with Gasteiger partial charge in [-0.15, -0.1) is 12.4 Å². The standard InChI is InChI=1S/C17H23F3N2O.ClH/c1-12(14-5-3-7-21-11-14)8-16(23)22-10-13-4-2-6-15(9-13)17(18,19)20;/h2,4,6,9,12,14,21H,3,5,7-8,10-11H2,1H3,(H,22,23);1H. The van der Waals surface area contributed by atoms with E-state index in [4.69, 9.17) is 0 Å². The van der Waals surface area contributed by atoms with E-state index in [0.29, 0.717) is 17.9 Å². The molecule has 1 aliphatic rings. The van der Waals surface area contributed by atoms with Gasteiger partial charge in [0, 0.05) is 13.0 Å². The minimum atomic E-state index is -4.36. The lowest BCUT2D eigenvalue weighted by atomic mass is 9.85. The summed E-state index contributed by atoms with van der Waals surface area (Å²) >= 11 is 0. The molecule has 3 nitrogen and oxygen atoms in total. The van der Waals surface area contributed by atoms with Crippen molar-refractivity contribution in [3.8, 4) is 0 Å². The van der Waals surface area contributed by atoms with Crippen molar-refractivity contribution in [1.82, 2.24) is 10.6 Å². The molecule has 0 aromatic heterocycles. The van der Waals surface area contributed by atoms with Gasteiger partial charge in [-0.1, -0.05) is 19.1 Å². The van der Waals surface area contributed by atoms with E-state index in [1.54, 1.807) is 6.07 Å². The number of amides is 1. The fourth-order valence-electron chi connectivity index (χ4n) is 2.95. The van der Waals surface area contributed by atoms with Crippen molar-refractivity contribution in [3.05, 3.63) is 35.4 Å². The van der Waals surface area contributed by atoms with Crippen LogP contribution in [-0.4, -0.2) is 19.0 Å². The number of carbonyl (C=O) groups excluding carboxylic acids is 1. The van der Waals surface area contributed by atoms with E-state index in [2.05, 4.69) is 17.6 Å². The third-order valence-electron chi connectivity index (χ3n) is 4.39. The van der Waals surface area contributed by atoms with Crippen LogP contribution >= 0.6 is 12.4 Å². The lowest BCUT2D eigenvalue weighted by Gasteiger charge is -2.28. The van der Waals surface area contributed by atoms with Gasteiger partial charge in [0.25, 0.3) is 0 Å². The number of carbonyl (C=O) groups is 1. The third kappa shape index (κ3) is 6.32. The summed E-state index contributed by atoms with van der Waals surface area (Å²) < 4.78 is 38.0. The Hall–Kier alpha value is -1.27. The molecule has 1 aromatic rings. The predicted molar refractivity (Wildman–Crippen MR) is 89.9 cm³/mol. The van der Waals surface area contributed by atoms with Crippen molar-refractivity contribution in [2.75, 3.05) is 13.1 Å². The Labute approximate surface area is 146 Å². The van der Waals surface area contributed by atoms with Gasteiger partial charge in [0.1, 0.15) is 0 Å². The van der Waals surface area contributed by atoms with E-state index in [-0.39, 0.29) is 30.8 Å². The molecule has 2 N–H and O–H groups in total. The third-order valence-corrected chi connectivity index (χ3v) is 4.39. The molecule has 0 aliphatic carbocycles. The Morgan fingerprint density at radius 3 is 2.79 bits per heavy atom. The van der Waals surface area contributed by atoms with Crippen LogP contribution in [0.15, 0.2) is 24.3 Å². The molecular weight excluding hydrogens is 341 g/mol. The zero-order chi connectivity index (χ0) is 16.9. The SMILES string of the molecule is CC(CC(=O)NCc1cccc(C(F)(F)F)c1)C1CCCNC1.Cl. The number of piperidine rings is 1.